The highest BCUT2D eigenvalue weighted by atomic mass is 32.2. The Morgan fingerprint density at radius 1 is 1.12 bits per heavy atom. The minimum Gasteiger partial charge on any atom is -0.465 e. The van der Waals surface area contributed by atoms with Crippen LogP contribution in [0.5, 0.6) is 5.88 Å². The lowest BCUT2D eigenvalue weighted by Crippen LogP contribution is -2.52. The van der Waals surface area contributed by atoms with Crippen molar-refractivity contribution in [2.75, 3.05) is 25.0 Å². The van der Waals surface area contributed by atoms with Crippen LogP contribution in [0.1, 0.15) is 26.3 Å². The molecule has 0 spiro atoms. The molecule has 0 aliphatic rings. The first-order valence-corrected chi connectivity index (χ1v) is 15.5. The number of anilines is 1. The van der Waals surface area contributed by atoms with Crippen LogP contribution < -0.4 is 15.4 Å². The number of fused-ring (bicyclic) bond motifs is 1. The van der Waals surface area contributed by atoms with Crippen LogP contribution in [0.25, 0.3) is 10.2 Å². The molecule has 0 unspecified atom stereocenters. The number of sulfonamides is 1. The molecular weight excluding hydrogens is 582 g/mol. The van der Waals surface area contributed by atoms with Crippen molar-refractivity contribution in [1.82, 2.24) is 19.8 Å². The van der Waals surface area contributed by atoms with E-state index in [-0.39, 0.29) is 48.7 Å². The Balaban J connectivity index is 1.56. The largest absolute Gasteiger partial charge is 0.465 e. The summed E-state index contributed by atoms with van der Waals surface area (Å²) in [6, 6.07) is 14.5. The van der Waals surface area contributed by atoms with E-state index < -0.39 is 28.1 Å². The van der Waals surface area contributed by atoms with Crippen LogP contribution in [0.4, 0.5) is 5.13 Å². The summed E-state index contributed by atoms with van der Waals surface area (Å²) < 4.78 is 39.6. The summed E-state index contributed by atoms with van der Waals surface area (Å²) in [6.45, 7) is 4.64. The number of thiazole rings is 1. The lowest BCUT2D eigenvalue weighted by molar-refractivity contribution is -0.124. The average molecular weight is 616 g/mol. The summed E-state index contributed by atoms with van der Waals surface area (Å²) in [7, 11) is -4.06. The van der Waals surface area contributed by atoms with Crippen LogP contribution in [-0.4, -0.2) is 71.6 Å². The van der Waals surface area contributed by atoms with Gasteiger partial charge in [-0.25, -0.2) is 13.4 Å². The molecule has 0 aliphatic heterocycles. The van der Waals surface area contributed by atoms with E-state index in [4.69, 9.17) is 9.26 Å². The monoisotopic (exact) mass is 615 g/mol. The normalized spacial score (nSPS) is 13.3. The number of nitrogens with zero attached hydrogens (tertiary/aromatic N) is 3. The Hall–Kier alpha value is -3.85. The van der Waals surface area contributed by atoms with E-state index in [2.05, 4.69) is 20.8 Å². The van der Waals surface area contributed by atoms with Gasteiger partial charge in [-0.05, 0) is 41.3 Å². The molecule has 42 heavy (non-hydrogen) atoms. The Labute approximate surface area is 247 Å². The second-order valence-electron chi connectivity index (χ2n) is 10.1. The molecule has 14 heteroatoms. The minimum absolute atomic E-state index is 0.0329. The number of aliphatic hydroxyl groups is 1. The van der Waals surface area contributed by atoms with Crippen molar-refractivity contribution < 1.29 is 32.4 Å². The number of hydrogen-bond donors (Lipinski definition) is 3. The fourth-order valence-electron chi connectivity index (χ4n) is 4.25. The Morgan fingerprint density at radius 2 is 1.88 bits per heavy atom. The van der Waals surface area contributed by atoms with Crippen molar-refractivity contribution in [2.45, 2.75) is 44.2 Å². The van der Waals surface area contributed by atoms with Gasteiger partial charge < -0.3 is 25.0 Å². The molecule has 12 nitrogen and oxygen atoms in total. The number of ether oxygens (including phenoxy) is 1. The van der Waals surface area contributed by atoms with Gasteiger partial charge in [0.25, 0.3) is 11.8 Å². The summed E-state index contributed by atoms with van der Waals surface area (Å²) in [5, 5.41) is 20.8. The zero-order valence-corrected chi connectivity index (χ0v) is 25.0. The number of carbonyl (C=O) groups excluding carboxylic acids is 2. The Bertz CT molecular complexity index is 1590. The quantitative estimate of drug-likeness (QED) is 0.193. The van der Waals surface area contributed by atoms with Crippen LogP contribution in [0.2, 0.25) is 0 Å². The van der Waals surface area contributed by atoms with Gasteiger partial charge in [-0.3, -0.25) is 9.59 Å². The van der Waals surface area contributed by atoms with E-state index in [1.54, 1.807) is 6.07 Å². The molecule has 0 saturated carbocycles. The molecule has 2 atom stereocenters. The first kappa shape index (κ1) is 31.1. The van der Waals surface area contributed by atoms with E-state index in [9.17, 15) is 23.1 Å². The maximum Gasteiger partial charge on any atom is 0.258 e. The average Bonchev–Trinajstić information content (AvgIpc) is 3.60. The molecular formula is C28H33N5O7S2. The van der Waals surface area contributed by atoms with Gasteiger partial charge in [0.1, 0.15) is 6.26 Å². The van der Waals surface area contributed by atoms with Crippen molar-refractivity contribution in [3.8, 4) is 5.88 Å². The number of hydrogen-bond acceptors (Lipinski definition) is 10. The molecule has 3 N–H and O–H groups in total. The third-order valence-electron chi connectivity index (χ3n) is 6.11. The summed E-state index contributed by atoms with van der Waals surface area (Å²) in [6.07, 6.45) is 0.313. The van der Waals surface area contributed by atoms with Crippen LogP contribution in [0.3, 0.4) is 0 Å². The van der Waals surface area contributed by atoms with Gasteiger partial charge in [-0.1, -0.05) is 55.5 Å². The highest BCUT2D eigenvalue weighted by Gasteiger charge is 2.32. The van der Waals surface area contributed by atoms with Crippen molar-refractivity contribution in [3.05, 3.63) is 66.4 Å². The van der Waals surface area contributed by atoms with Crippen LogP contribution in [0.15, 0.2) is 70.3 Å². The maximum absolute atomic E-state index is 13.9. The Kier molecular flexibility index (Phi) is 10.3. The van der Waals surface area contributed by atoms with Gasteiger partial charge in [0, 0.05) is 26.1 Å². The van der Waals surface area contributed by atoms with Gasteiger partial charge >= 0.3 is 0 Å². The molecule has 4 rings (SSSR count). The zero-order valence-electron chi connectivity index (χ0n) is 23.4. The SMILES string of the molecule is CC(=O)Nc1nc2ccc(S(=O)(=O)N(CC(C)C)C[C@@H](O)[C@H](Cc3ccccc3)NC(=O)COc3ccon3)cc2s1. The number of aliphatic hydroxyl groups excluding tert-OH is 1. The molecule has 0 bridgehead atoms. The third-order valence-corrected chi connectivity index (χ3v) is 8.88. The lowest BCUT2D eigenvalue weighted by atomic mass is 10.0. The molecule has 2 aromatic carbocycles. The number of nitrogens with one attached hydrogen (secondary N) is 2. The number of carbonyl (C=O) groups is 2. The van der Waals surface area contributed by atoms with E-state index in [1.807, 2.05) is 44.2 Å². The fraction of sp³-hybridized carbons (Fsp3) is 0.357. The molecule has 224 valence electrons. The molecule has 0 fully saturated rings. The smallest absolute Gasteiger partial charge is 0.258 e. The Morgan fingerprint density at radius 3 is 2.55 bits per heavy atom. The number of rotatable bonds is 14. The van der Waals surface area contributed by atoms with Gasteiger partial charge in [0.2, 0.25) is 15.9 Å². The predicted octanol–water partition coefficient (Wildman–Crippen LogP) is 3.06. The van der Waals surface area contributed by atoms with Gasteiger partial charge in [-0.15, -0.1) is 0 Å². The van der Waals surface area contributed by atoms with E-state index in [1.165, 1.54) is 47.0 Å². The highest BCUT2D eigenvalue weighted by Crippen LogP contribution is 2.29. The molecule has 0 radical (unpaired) electrons. The van der Waals surface area contributed by atoms with Crippen LogP contribution >= 0.6 is 11.3 Å². The molecule has 4 aromatic rings. The first-order chi connectivity index (χ1) is 20.0. The van der Waals surface area contributed by atoms with Crippen molar-refractivity contribution in [1.29, 1.82) is 0 Å². The standard InChI is InChI=1S/C28H33N5O7S2/c1-18(2)15-33(42(37,38)21-9-10-22-25(14-21)41-28(31-22)29-19(3)34)16-24(35)23(13-20-7-5-4-6-8-20)30-26(36)17-39-27-11-12-40-32-27/h4-12,14,18,23-24,35H,13,15-17H2,1-3H3,(H,30,36)(H,29,31,34)/t23-,24+/m0/s1. The van der Waals surface area contributed by atoms with Crippen molar-refractivity contribution >= 4 is 48.5 Å². The molecule has 2 aromatic heterocycles. The summed E-state index contributed by atoms with van der Waals surface area (Å²) in [5.41, 5.74) is 1.40. The molecule has 0 aliphatic carbocycles. The number of benzene rings is 2. The van der Waals surface area contributed by atoms with Crippen LogP contribution in [0, 0.1) is 5.92 Å². The summed E-state index contributed by atoms with van der Waals surface area (Å²) in [5.74, 6) is -0.701. The number of aromatic nitrogens is 2. The van der Waals surface area contributed by atoms with E-state index in [0.29, 0.717) is 15.3 Å². The van der Waals surface area contributed by atoms with Crippen LogP contribution in [-0.2, 0) is 26.0 Å². The second-order valence-corrected chi connectivity index (χ2v) is 13.1. The van der Waals surface area contributed by atoms with Gasteiger partial charge in [0.05, 0.1) is 27.3 Å². The fourth-order valence-corrected chi connectivity index (χ4v) is 6.92. The maximum atomic E-state index is 13.9. The van der Waals surface area contributed by atoms with E-state index >= 15 is 0 Å². The predicted molar refractivity (Wildman–Crippen MR) is 158 cm³/mol. The third kappa shape index (κ3) is 8.35. The zero-order chi connectivity index (χ0) is 30.3. The van der Waals surface area contributed by atoms with Gasteiger partial charge in [-0.2, -0.15) is 4.31 Å². The molecule has 2 amide bonds. The minimum atomic E-state index is -4.06. The van der Waals surface area contributed by atoms with Crippen molar-refractivity contribution in [2.24, 2.45) is 5.92 Å². The molecule has 2 heterocycles. The summed E-state index contributed by atoms with van der Waals surface area (Å²) in [4.78, 5) is 28.5. The first-order valence-electron chi connectivity index (χ1n) is 13.2. The second kappa shape index (κ2) is 13.9. The number of amides is 2. The van der Waals surface area contributed by atoms with E-state index in [0.717, 1.165) is 5.56 Å². The summed E-state index contributed by atoms with van der Waals surface area (Å²) >= 11 is 1.17. The highest BCUT2D eigenvalue weighted by molar-refractivity contribution is 7.89. The van der Waals surface area contributed by atoms with Crippen molar-refractivity contribution in [3.63, 3.8) is 0 Å². The lowest BCUT2D eigenvalue weighted by Gasteiger charge is -2.30. The molecule has 0 saturated heterocycles. The topological polar surface area (TPSA) is 164 Å². The van der Waals surface area contributed by atoms with Gasteiger partial charge in [0.15, 0.2) is 11.7 Å².